The van der Waals surface area contributed by atoms with Crippen molar-refractivity contribution < 1.29 is 17.9 Å². The van der Waals surface area contributed by atoms with E-state index in [0.29, 0.717) is 0 Å². The number of hydrogen-bond acceptors (Lipinski definition) is 2. The van der Waals surface area contributed by atoms with Crippen LogP contribution in [-0.4, -0.2) is 4.99 Å². The molecule has 0 bridgehead atoms. The van der Waals surface area contributed by atoms with E-state index in [1.54, 1.807) is 6.07 Å². The predicted octanol–water partition coefficient (Wildman–Crippen LogP) is 3.32. The van der Waals surface area contributed by atoms with Gasteiger partial charge in [-0.2, -0.15) is 4.39 Å². The summed E-state index contributed by atoms with van der Waals surface area (Å²) in [6.45, 7) is -0.261. The van der Waals surface area contributed by atoms with Gasteiger partial charge in [0.1, 0.15) is 17.4 Å². The first-order valence-electron chi connectivity index (χ1n) is 5.64. The van der Waals surface area contributed by atoms with Gasteiger partial charge in [0, 0.05) is 11.1 Å². The Labute approximate surface area is 119 Å². The fourth-order valence-electron chi connectivity index (χ4n) is 1.63. The number of benzene rings is 2. The summed E-state index contributed by atoms with van der Waals surface area (Å²) in [5, 5.41) is 0. The Morgan fingerprint density at radius 1 is 1.05 bits per heavy atom. The van der Waals surface area contributed by atoms with Crippen molar-refractivity contribution in [3.8, 4) is 5.75 Å². The van der Waals surface area contributed by atoms with E-state index in [-0.39, 0.29) is 28.5 Å². The van der Waals surface area contributed by atoms with Crippen LogP contribution in [-0.2, 0) is 6.61 Å². The third-order valence-corrected chi connectivity index (χ3v) is 2.86. The number of ether oxygens (including phenoxy) is 1. The van der Waals surface area contributed by atoms with Gasteiger partial charge >= 0.3 is 0 Å². The first-order chi connectivity index (χ1) is 9.50. The first kappa shape index (κ1) is 14.3. The molecule has 2 nitrogen and oxygen atoms in total. The molecule has 0 unspecified atom stereocenters. The lowest BCUT2D eigenvalue weighted by Gasteiger charge is -2.10. The lowest BCUT2D eigenvalue weighted by Crippen LogP contribution is -2.13. The molecule has 0 aliphatic rings. The van der Waals surface area contributed by atoms with E-state index < -0.39 is 17.5 Å². The van der Waals surface area contributed by atoms with Crippen LogP contribution < -0.4 is 10.5 Å². The Morgan fingerprint density at radius 2 is 1.75 bits per heavy atom. The summed E-state index contributed by atoms with van der Waals surface area (Å²) in [5.41, 5.74) is 5.61. The van der Waals surface area contributed by atoms with Gasteiger partial charge in [-0.3, -0.25) is 0 Å². The van der Waals surface area contributed by atoms with E-state index in [0.717, 1.165) is 6.07 Å². The molecule has 6 heteroatoms. The van der Waals surface area contributed by atoms with Gasteiger partial charge in [0.2, 0.25) is 5.82 Å². The van der Waals surface area contributed by atoms with Crippen LogP contribution in [0, 0.1) is 17.5 Å². The van der Waals surface area contributed by atoms with E-state index in [9.17, 15) is 13.2 Å². The standard InChI is InChI=1S/C14H10F3NOS/c15-10-5-2-6-11(13(10)17)19-7-8-3-1-4-9(12(8)16)14(18)20/h1-6H,7H2,(H2,18,20). The van der Waals surface area contributed by atoms with Gasteiger partial charge in [0.15, 0.2) is 11.6 Å². The molecule has 0 saturated heterocycles. The van der Waals surface area contributed by atoms with Crippen LogP contribution in [0.25, 0.3) is 0 Å². The van der Waals surface area contributed by atoms with Crippen molar-refractivity contribution in [1.82, 2.24) is 0 Å². The summed E-state index contributed by atoms with van der Waals surface area (Å²) in [6, 6.07) is 7.97. The highest BCUT2D eigenvalue weighted by atomic mass is 32.1. The maximum absolute atomic E-state index is 14.0. The molecule has 0 aliphatic carbocycles. The highest BCUT2D eigenvalue weighted by Crippen LogP contribution is 2.21. The average molecular weight is 297 g/mol. The van der Waals surface area contributed by atoms with Crippen LogP contribution in [0.2, 0.25) is 0 Å². The van der Waals surface area contributed by atoms with Crippen molar-refractivity contribution in [2.75, 3.05) is 0 Å². The fourth-order valence-corrected chi connectivity index (χ4v) is 1.79. The zero-order valence-electron chi connectivity index (χ0n) is 10.2. The number of thiocarbonyl (C=S) groups is 1. The van der Waals surface area contributed by atoms with Crippen LogP contribution in [0.1, 0.15) is 11.1 Å². The van der Waals surface area contributed by atoms with Crippen molar-refractivity contribution in [2.45, 2.75) is 6.61 Å². The summed E-state index contributed by atoms with van der Waals surface area (Å²) in [4.78, 5) is -0.0821. The summed E-state index contributed by atoms with van der Waals surface area (Å²) < 4.78 is 45.4. The van der Waals surface area contributed by atoms with E-state index in [2.05, 4.69) is 0 Å². The molecule has 0 heterocycles. The zero-order valence-corrected chi connectivity index (χ0v) is 11.0. The van der Waals surface area contributed by atoms with Crippen molar-refractivity contribution >= 4 is 17.2 Å². The smallest absolute Gasteiger partial charge is 0.200 e. The lowest BCUT2D eigenvalue weighted by atomic mass is 10.1. The van der Waals surface area contributed by atoms with E-state index in [1.165, 1.54) is 24.3 Å². The molecule has 20 heavy (non-hydrogen) atoms. The largest absolute Gasteiger partial charge is 0.486 e. The first-order valence-corrected chi connectivity index (χ1v) is 6.05. The van der Waals surface area contributed by atoms with Crippen LogP contribution in [0.4, 0.5) is 13.2 Å². The molecule has 104 valence electrons. The molecule has 0 fully saturated rings. The van der Waals surface area contributed by atoms with Crippen LogP contribution in [0.5, 0.6) is 5.75 Å². The second-order valence-electron chi connectivity index (χ2n) is 3.98. The molecule has 2 aromatic rings. The summed E-state index contributed by atoms with van der Waals surface area (Å²) >= 11 is 4.71. The van der Waals surface area contributed by atoms with Gasteiger partial charge in [-0.15, -0.1) is 0 Å². The SMILES string of the molecule is NC(=S)c1cccc(COc2cccc(F)c2F)c1F. The Balaban J connectivity index is 2.21. The Bertz CT molecular complexity index is 661. The Hall–Kier alpha value is -2.08. The fraction of sp³-hybridized carbons (Fsp3) is 0.0714. The van der Waals surface area contributed by atoms with E-state index >= 15 is 0 Å². The van der Waals surface area contributed by atoms with Crippen LogP contribution in [0.3, 0.4) is 0 Å². The number of nitrogens with two attached hydrogens (primary N) is 1. The number of halogens is 3. The molecule has 0 atom stereocenters. The van der Waals surface area contributed by atoms with E-state index in [4.69, 9.17) is 22.7 Å². The van der Waals surface area contributed by atoms with Gasteiger partial charge in [0.25, 0.3) is 0 Å². The average Bonchev–Trinajstić information content (AvgIpc) is 2.41. The molecule has 2 N–H and O–H groups in total. The second-order valence-corrected chi connectivity index (χ2v) is 4.42. The maximum atomic E-state index is 14.0. The monoisotopic (exact) mass is 297 g/mol. The Kier molecular flexibility index (Phi) is 4.24. The molecule has 2 aromatic carbocycles. The highest BCUT2D eigenvalue weighted by Gasteiger charge is 2.13. The van der Waals surface area contributed by atoms with Crippen molar-refractivity contribution in [1.29, 1.82) is 0 Å². The molecule has 0 amide bonds. The topological polar surface area (TPSA) is 35.2 Å². The Morgan fingerprint density at radius 3 is 2.45 bits per heavy atom. The molecule has 0 aromatic heterocycles. The molecular weight excluding hydrogens is 287 g/mol. The third-order valence-electron chi connectivity index (χ3n) is 2.64. The molecule has 0 spiro atoms. The molecule has 0 saturated carbocycles. The van der Waals surface area contributed by atoms with Crippen LogP contribution >= 0.6 is 12.2 Å². The van der Waals surface area contributed by atoms with Crippen LogP contribution in [0.15, 0.2) is 36.4 Å². The third kappa shape index (κ3) is 2.91. The van der Waals surface area contributed by atoms with Gasteiger partial charge in [-0.25, -0.2) is 8.78 Å². The summed E-state index contributed by atoms with van der Waals surface area (Å²) in [6.07, 6.45) is 0. The van der Waals surface area contributed by atoms with Crippen molar-refractivity contribution in [3.63, 3.8) is 0 Å². The molecule has 0 radical (unpaired) electrons. The number of hydrogen-bond donors (Lipinski definition) is 1. The minimum absolute atomic E-state index is 0.0821. The van der Waals surface area contributed by atoms with Gasteiger partial charge in [0.05, 0.1) is 0 Å². The summed E-state index contributed by atoms with van der Waals surface area (Å²) in [7, 11) is 0. The van der Waals surface area contributed by atoms with Gasteiger partial charge in [-0.05, 0) is 18.2 Å². The molecule has 0 aliphatic heterocycles. The second kappa shape index (κ2) is 5.92. The molecular formula is C14H10F3NOS. The lowest BCUT2D eigenvalue weighted by molar-refractivity contribution is 0.279. The highest BCUT2D eigenvalue weighted by molar-refractivity contribution is 7.80. The normalized spacial score (nSPS) is 10.3. The van der Waals surface area contributed by atoms with Gasteiger partial charge < -0.3 is 10.5 Å². The number of rotatable bonds is 4. The minimum atomic E-state index is -1.11. The minimum Gasteiger partial charge on any atom is -0.486 e. The van der Waals surface area contributed by atoms with Gasteiger partial charge in [-0.1, -0.05) is 30.4 Å². The molecule has 2 rings (SSSR count). The predicted molar refractivity (Wildman–Crippen MR) is 73.0 cm³/mol. The van der Waals surface area contributed by atoms with E-state index in [1.807, 2.05) is 0 Å². The van der Waals surface area contributed by atoms with Crippen molar-refractivity contribution in [2.24, 2.45) is 5.73 Å². The zero-order chi connectivity index (χ0) is 14.7. The quantitative estimate of drug-likeness (QED) is 0.879. The summed E-state index contributed by atoms with van der Waals surface area (Å²) in [5.74, 6) is -3.06. The maximum Gasteiger partial charge on any atom is 0.200 e. The van der Waals surface area contributed by atoms with Crippen molar-refractivity contribution in [3.05, 3.63) is 65.0 Å².